The van der Waals surface area contributed by atoms with Crippen molar-refractivity contribution < 1.29 is 4.79 Å². The van der Waals surface area contributed by atoms with Crippen LogP contribution in [0.2, 0.25) is 0 Å². The first-order valence-corrected chi connectivity index (χ1v) is 7.78. The average molecular weight is 320 g/mol. The number of aromatic nitrogens is 2. The van der Waals surface area contributed by atoms with Gasteiger partial charge in [0.1, 0.15) is 5.69 Å². The van der Waals surface area contributed by atoms with Gasteiger partial charge in [-0.05, 0) is 29.8 Å². The van der Waals surface area contributed by atoms with Crippen LogP contribution in [0.1, 0.15) is 16.1 Å². The van der Waals surface area contributed by atoms with Crippen molar-refractivity contribution in [2.75, 3.05) is 26.0 Å². The van der Waals surface area contributed by atoms with E-state index >= 15 is 0 Å². The van der Waals surface area contributed by atoms with Gasteiger partial charge in [0, 0.05) is 33.4 Å². The minimum absolute atomic E-state index is 0.134. The van der Waals surface area contributed by atoms with Gasteiger partial charge in [-0.1, -0.05) is 24.3 Å². The maximum Gasteiger partial charge on any atom is 0.274 e. The van der Waals surface area contributed by atoms with Crippen molar-refractivity contribution >= 4 is 22.6 Å². The largest absolute Gasteiger partial charge is 0.378 e. The molecular formula is C19H20N4O. The molecule has 0 saturated carbocycles. The van der Waals surface area contributed by atoms with E-state index in [4.69, 9.17) is 0 Å². The Labute approximate surface area is 141 Å². The number of fused-ring (bicyclic) bond motifs is 1. The van der Waals surface area contributed by atoms with Gasteiger partial charge in [-0.3, -0.25) is 9.78 Å². The fourth-order valence-corrected chi connectivity index (χ4v) is 2.50. The van der Waals surface area contributed by atoms with Crippen LogP contribution in [0.4, 0.5) is 5.69 Å². The molecule has 0 saturated heterocycles. The van der Waals surface area contributed by atoms with Gasteiger partial charge in [0.2, 0.25) is 0 Å². The molecule has 122 valence electrons. The molecule has 0 spiro atoms. The van der Waals surface area contributed by atoms with Crippen LogP contribution in [0.5, 0.6) is 0 Å². The van der Waals surface area contributed by atoms with Crippen molar-refractivity contribution in [2.45, 2.75) is 6.54 Å². The molecular weight excluding hydrogens is 300 g/mol. The number of anilines is 1. The summed E-state index contributed by atoms with van der Waals surface area (Å²) >= 11 is 0. The van der Waals surface area contributed by atoms with E-state index in [9.17, 15) is 4.79 Å². The molecule has 0 aliphatic rings. The SMILES string of the molecule is CN(Cc1ccc(N(C)C)cc1)C(=O)c1cnc2ccccc2n1. The van der Waals surface area contributed by atoms with Gasteiger partial charge in [0.25, 0.3) is 5.91 Å². The Balaban J connectivity index is 1.75. The zero-order chi connectivity index (χ0) is 17.1. The molecule has 1 amide bonds. The molecule has 1 aromatic heterocycles. The average Bonchev–Trinajstić information content (AvgIpc) is 2.61. The van der Waals surface area contributed by atoms with Crippen molar-refractivity contribution in [1.82, 2.24) is 14.9 Å². The number of amides is 1. The standard InChI is InChI=1S/C19H20N4O/c1-22(2)15-10-8-14(9-11-15)13-23(3)19(24)18-12-20-16-6-4-5-7-17(16)21-18/h4-12H,13H2,1-3H3. The fraction of sp³-hybridized carbons (Fsp3) is 0.211. The highest BCUT2D eigenvalue weighted by Crippen LogP contribution is 2.15. The molecule has 0 aliphatic heterocycles. The topological polar surface area (TPSA) is 49.3 Å². The minimum Gasteiger partial charge on any atom is -0.378 e. The van der Waals surface area contributed by atoms with Crippen LogP contribution in [-0.2, 0) is 6.54 Å². The van der Waals surface area contributed by atoms with Crippen molar-refractivity contribution in [3.05, 3.63) is 66.0 Å². The Hall–Kier alpha value is -2.95. The summed E-state index contributed by atoms with van der Waals surface area (Å²) in [6.07, 6.45) is 1.54. The third-order valence-electron chi connectivity index (χ3n) is 3.89. The van der Waals surface area contributed by atoms with E-state index in [1.54, 1.807) is 11.9 Å². The second-order valence-corrected chi connectivity index (χ2v) is 5.97. The Kier molecular flexibility index (Phi) is 4.42. The first-order chi connectivity index (χ1) is 11.5. The van der Waals surface area contributed by atoms with Gasteiger partial charge >= 0.3 is 0 Å². The van der Waals surface area contributed by atoms with E-state index in [0.717, 1.165) is 22.3 Å². The van der Waals surface area contributed by atoms with E-state index in [1.165, 1.54) is 6.20 Å². The summed E-state index contributed by atoms with van der Waals surface area (Å²) < 4.78 is 0. The maximum absolute atomic E-state index is 12.6. The van der Waals surface area contributed by atoms with Crippen LogP contribution in [0, 0.1) is 0 Å². The number of para-hydroxylation sites is 2. The van der Waals surface area contributed by atoms with Crippen molar-refractivity contribution in [2.24, 2.45) is 0 Å². The molecule has 3 rings (SSSR count). The van der Waals surface area contributed by atoms with Crippen molar-refractivity contribution in [3.63, 3.8) is 0 Å². The Morgan fingerprint density at radius 3 is 2.29 bits per heavy atom. The van der Waals surface area contributed by atoms with Crippen molar-refractivity contribution in [1.29, 1.82) is 0 Å². The summed E-state index contributed by atoms with van der Waals surface area (Å²) in [5, 5.41) is 0. The molecule has 0 N–H and O–H groups in total. The van der Waals surface area contributed by atoms with Crippen LogP contribution >= 0.6 is 0 Å². The molecule has 3 aromatic rings. The van der Waals surface area contributed by atoms with Gasteiger partial charge in [-0.25, -0.2) is 4.98 Å². The molecule has 0 aliphatic carbocycles. The van der Waals surface area contributed by atoms with Crippen LogP contribution in [-0.4, -0.2) is 41.9 Å². The molecule has 0 fully saturated rings. The second-order valence-electron chi connectivity index (χ2n) is 5.97. The molecule has 2 aromatic carbocycles. The highest BCUT2D eigenvalue weighted by molar-refractivity contribution is 5.93. The first-order valence-electron chi connectivity index (χ1n) is 7.78. The third kappa shape index (κ3) is 3.35. The maximum atomic E-state index is 12.6. The second kappa shape index (κ2) is 6.66. The van der Waals surface area contributed by atoms with E-state index in [-0.39, 0.29) is 5.91 Å². The lowest BCUT2D eigenvalue weighted by atomic mass is 10.2. The van der Waals surface area contributed by atoms with E-state index in [0.29, 0.717) is 12.2 Å². The molecule has 24 heavy (non-hydrogen) atoms. The normalized spacial score (nSPS) is 10.6. The highest BCUT2D eigenvalue weighted by atomic mass is 16.2. The number of carbonyl (C=O) groups is 1. The number of carbonyl (C=O) groups excluding carboxylic acids is 1. The van der Waals surface area contributed by atoms with Gasteiger partial charge < -0.3 is 9.80 Å². The molecule has 5 nitrogen and oxygen atoms in total. The monoisotopic (exact) mass is 320 g/mol. The smallest absolute Gasteiger partial charge is 0.274 e. The van der Waals surface area contributed by atoms with Crippen LogP contribution in [0.25, 0.3) is 11.0 Å². The van der Waals surface area contributed by atoms with Crippen LogP contribution in [0.3, 0.4) is 0 Å². The fourth-order valence-electron chi connectivity index (χ4n) is 2.50. The third-order valence-corrected chi connectivity index (χ3v) is 3.89. The van der Waals surface area contributed by atoms with E-state index in [1.807, 2.05) is 67.5 Å². The summed E-state index contributed by atoms with van der Waals surface area (Å²) in [5.41, 5.74) is 4.09. The van der Waals surface area contributed by atoms with Gasteiger partial charge in [0.15, 0.2) is 0 Å². The van der Waals surface area contributed by atoms with Crippen LogP contribution in [0.15, 0.2) is 54.7 Å². The summed E-state index contributed by atoms with van der Waals surface area (Å²) in [6, 6.07) is 15.7. The zero-order valence-electron chi connectivity index (χ0n) is 14.1. The molecule has 5 heteroatoms. The molecule has 1 heterocycles. The van der Waals surface area contributed by atoms with E-state index < -0.39 is 0 Å². The molecule has 0 atom stereocenters. The predicted molar refractivity (Wildman–Crippen MR) is 96.1 cm³/mol. The first kappa shape index (κ1) is 15.9. The Bertz CT molecular complexity index is 859. The van der Waals surface area contributed by atoms with Crippen molar-refractivity contribution in [3.8, 4) is 0 Å². The van der Waals surface area contributed by atoms with Gasteiger partial charge in [-0.2, -0.15) is 0 Å². The number of nitrogens with zero attached hydrogens (tertiary/aromatic N) is 4. The summed E-state index contributed by atoms with van der Waals surface area (Å²) in [7, 11) is 5.78. The number of hydrogen-bond donors (Lipinski definition) is 0. The van der Waals surface area contributed by atoms with Gasteiger partial charge in [-0.15, -0.1) is 0 Å². The van der Waals surface area contributed by atoms with E-state index in [2.05, 4.69) is 9.97 Å². The number of hydrogen-bond acceptors (Lipinski definition) is 4. The molecule has 0 radical (unpaired) electrons. The zero-order valence-corrected chi connectivity index (χ0v) is 14.1. The van der Waals surface area contributed by atoms with Gasteiger partial charge in [0.05, 0.1) is 17.2 Å². The lowest BCUT2D eigenvalue weighted by Crippen LogP contribution is -2.27. The predicted octanol–water partition coefficient (Wildman–Crippen LogP) is 2.97. The molecule has 0 bridgehead atoms. The highest BCUT2D eigenvalue weighted by Gasteiger charge is 2.14. The summed E-state index contributed by atoms with van der Waals surface area (Å²) in [4.78, 5) is 25.0. The van der Waals surface area contributed by atoms with Crippen LogP contribution < -0.4 is 4.90 Å². The summed E-state index contributed by atoms with van der Waals surface area (Å²) in [6.45, 7) is 0.529. The lowest BCUT2D eigenvalue weighted by Gasteiger charge is -2.18. The Morgan fingerprint density at radius 1 is 0.958 bits per heavy atom. The number of rotatable bonds is 4. The lowest BCUT2D eigenvalue weighted by molar-refractivity contribution is 0.0779. The minimum atomic E-state index is -0.134. The Morgan fingerprint density at radius 2 is 1.62 bits per heavy atom. The quantitative estimate of drug-likeness (QED) is 0.741. The summed E-state index contributed by atoms with van der Waals surface area (Å²) in [5.74, 6) is -0.134. The number of benzene rings is 2. The molecule has 0 unspecified atom stereocenters.